The third kappa shape index (κ3) is 3.50. The smallest absolute Gasteiger partial charge is 0.141 e. The molecule has 1 heterocycles. The van der Waals surface area contributed by atoms with Crippen LogP contribution in [0.3, 0.4) is 0 Å². The van der Waals surface area contributed by atoms with Crippen LogP contribution in [0.1, 0.15) is 36.8 Å². The van der Waals surface area contributed by atoms with Crippen LogP contribution in [-0.2, 0) is 5.54 Å². The number of likely N-dealkylation sites (N-methyl/N-ethyl adjacent to an activating group) is 1. The lowest BCUT2D eigenvalue weighted by molar-refractivity contribution is 0.580. The van der Waals surface area contributed by atoms with Gasteiger partial charge in [-0.25, -0.2) is 4.98 Å². The van der Waals surface area contributed by atoms with E-state index >= 15 is 0 Å². The molecular weight excluding hydrogens is 351 g/mol. The van der Waals surface area contributed by atoms with Crippen LogP contribution in [0.5, 0.6) is 0 Å². The highest BCUT2D eigenvalue weighted by molar-refractivity contribution is 6.32. The average Bonchev–Trinajstić information content (AvgIpc) is 2.76. The first-order valence-corrected chi connectivity index (χ1v) is 10.6. The average molecular weight is 380 g/mol. The van der Waals surface area contributed by atoms with Crippen LogP contribution >= 0.6 is 0 Å². The van der Waals surface area contributed by atoms with E-state index in [4.69, 9.17) is 4.98 Å². The molecule has 0 unspecified atom stereocenters. The van der Waals surface area contributed by atoms with Crippen molar-refractivity contribution in [2.75, 3.05) is 11.9 Å². The predicted molar refractivity (Wildman–Crippen MR) is 127 cm³/mol. The molecule has 4 rings (SSSR count). The van der Waals surface area contributed by atoms with Crippen molar-refractivity contribution in [3.63, 3.8) is 0 Å². The molecule has 2 aliphatic carbocycles. The summed E-state index contributed by atoms with van der Waals surface area (Å²) < 4.78 is 0. The number of hydrogen-bond donors (Lipinski definition) is 0. The van der Waals surface area contributed by atoms with Gasteiger partial charge in [-0.05, 0) is 54.9 Å². The van der Waals surface area contributed by atoms with Crippen molar-refractivity contribution < 1.29 is 0 Å². The highest BCUT2D eigenvalue weighted by atomic mass is 15.2. The monoisotopic (exact) mass is 380 g/mol. The Morgan fingerprint density at radius 2 is 1.55 bits per heavy atom. The minimum Gasteiger partial charge on any atom is -0.342 e. The second kappa shape index (κ2) is 8.28. The molecule has 146 valence electrons. The van der Waals surface area contributed by atoms with Crippen LogP contribution in [0.4, 0.5) is 5.82 Å². The van der Waals surface area contributed by atoms with Crippen LogP contribution in [-0.4, -0.2) is 19.9 Å². The van der Waals surface area contributed by atoms with Crippen LogP contribution < -0.4 is 10.4 Å². The van der Waals surface area contributed by atoms with E-state index in [9.17, 15) is 0 Å². The molecule has 2 nitrogen and oxygen atoms in total. The fourth-order valence-electron chi connectivity index (χ4n) is 4.74. The number of anilines is 1. The second-order valence-electron chi connectivity index (χ2n) is 8.07. The summed E-state index contributed by atoms with van der Waals surface area (Å²) in [7, 11) is 4.30. The Balaban J connectivity index is 2.01. The molecule has 0 fully saturated rings. The van der Waals surface area contributed by atoms with Gasteiger partial charge >= 0.3 is 0 Å². The number of nitrogens with zero attached hydrogens (tertiary/aromatic N) is 2. The topological polar surface area (TPSA) is 16.1 Å². The number of pyridine rings is 1. The van der Waals surface area contributed by atoms with Gasteiger partial charge < -0.3 is 4.90 Å². The van der Waals surface area contributed by atoms with Crippen molar-refractivity contribution in [1.82, 2.24) is 4.98 Å². The maximum atomic E-state index is 4.88. The zero-order valence-corrected chi connectivity index (χ0v) is 17.7. The van der Waals surface area contributed by atoms with E-state index in [-0.39, 0.29) is 0 Å². The van der Waals surface area contributed by atoms with E-state index < -0.39 is 5.54 Å². The predicted octanol–water partition coefficient (Wildman–Crippen LogP) is 4.53. The van der Waals surface area contributed by atoms with Gasteiger partial charge in [0, 0.05) is 13.2 Å². The quantitative estimate of drug-likeness (QED) is 0.709. The van der Waals surface area contributed by atoms with Gasteiger partial charge in [0.25, 0.3) is 0 Å². The number of aromatic nitrogens is 1. The van der Waals surface area contributed by atoms with Crippen LogP contribution in [0.2, 0.25) is 0 Å². The summed E-state index contributed by atoms with van der Waals surface area (Å²) in [6.45, 7) is 2.16. The van der Waals surface area contributed by atoms with E-state index in [1.807, 2.05) is 6.20 Å². The SMILES string of the molecule is Bc1cnc(N(C)C(C2=CCCC=C2)(C2=CCCC=C2)c2ccccc2)c(C)c1. The molecule has 0 amide bonds. The minimum absolute atomic E-state index is 0.401. The van der Waals surface area contributed by atoms with E-state index in [1.54, 1.807) is 0 Å². The van der Waals surface area contributed by atoms with Gasteiger partial charge in [-0.15, -0.1) is 0 Å². The molecule has 1 aromatic heterocycles. The highest BCUT2D eigenvalue weighted by Crippen LogP contribution is 2.47. The molecule has 1 aromatic carbocycles. The van der Waals surface area contributed by atoms with Crippen molar-refractivity contribution in [2.24, 2.45) is 0 Å². The van der Waals surface area contributed by atoms with Crippen molar-refractivity contribution in [2.45, 2.75) is 38.1 Å². The van der Waals surface area contributed by atoms with Crippen LogP contribution in [0, 0.1) is 6.92 Å². The summed E-state index contributed by atoms with van der Waals surface area (Å²) >= 11 is 0. The van der Waals surface area contributed by atoms with Gasteiger partial charge in [-0.2, -0.15) is 0 Å². The molecule has 29 heavy (non-hydrogen) atoms. The van der Waals surface area contributed by atoms with Gasteiger partial charge in [-0.1, -0.05) is 78.3 Å². The summed E-state index contributed by atoms with van der Waals surface area (Å²) in [5, 5.41) is 0. The Kier molecular flexibility index (Phi) is 5.57. The molecule has 0 aliphatic heterocycles. The Hall–Kier alpha value is -2.81. The first-order valence-electron chi connectivity index (χ1n) is 10.6. The highest BCUT2D eigenvalue weighted by Gasteiger charge is 2.43. The lowest BCUT2D eigenvalue weighted by Crippen LogP contribution is -2.48. The van der Waals surface area contributed by atoms with Gasteiger partial charge in [0.05, 0.1) is 0 Å². The van der Waals surface area contributed by atoms with Gasteiger partial charge in [0.2, 0.25) is 0 Å². The first kappa shape index (κ1) is 19.5. The summed E-state index contributed by atoms with van der Waals surface area (Å²) in [4.78, 5) is 7.27. The minimum atomic E-state index is -0.401. The number of aryl methyl sites for hydroxylation is 1. The second-order valence-corrected chi connectivity index (χ2v) is 8.07. The third-order valence-corrected chi connectivity index (χ3v) is 6.03. The maximum absolute atomic E-state index is 4.88. The Morgan fingerprint density at radius 1 is 0.931 bits per heavy atom. The molecule has 0 saturated carbocycles. The van der Waals surface area contributed by atoms with Gasteiger partial charge in [0.1, 0.15) is 19.2 Å². The number of hydrogen-bond acceptors (Lipinski definition) is 2. The summed E-state index contributed by atoms with van der Waals surface area (Å²) in [5.74, 6) is 1.03. The standard InChI is InChI=1S/C26H29BN2/c1-20-18-24(27)19-28-25(20)29(2)26(21-12-6-3-7-13-21,22-14-8-4-9-15-22)23-16-10-5-11-17-23/h3,6-8,10,12-19H,4-5,9,11,27H2,1-2H3. The maximum Gasteiger partial charge on any atom is 0.141 e. The lowest BCUT2D eigenvalue weighted by atomic mass is 9.72. The van der Waals surface area contributed by atoms with Crippen molar-refractivity contribution >= 4 is 19.1 Å². The van der Waals surface area contributed by atoms with Crippen LogP contribution in [0.25, 0.3) is 0 Å². The Labute approximate surface area is 175 Å². The molecule has 0 radical (unpaired) electrons. The largest absolute Gasteiger partial charge is 0.342 e. The summed E-state index contributed by atoms with van der Waals surface area (Å²) in [6, 6.07) is 13.1. The van der Waals surface area contributed by atoms with Gasteiger partial charge in [0.15, 0.2) is 0 Å². The molecular formula is C26H29BN2. The summed E-state index contributed by atoms with van der Waals surface area (Å²) in [5.41, 5.74) is 5.93. The number of allylic oxidation sites excluding steroid dienone is 4. The molecule has 2 aliphatic rings. The molecule has 2 aromatic rings. The van der Waals surface area contributed by atoms with Crippen molar-refractivity contribution in [1.29, 1.82) is 0 Å². The van der Waals surface area contributed by atoms with Gasteiger partial charge in [-0.3, -0.25) is 0 Å². The van der Waals surface area contributed by atoms with E-state index in [2.05, 4.69) is 99.6 Å². The number of rotatable bonds is 5. The fourth-order valence-corrected chi connectivity index (χ4v) is 4.74. The van der Waals surface area contributed by atoms with Crippen molar-refractivity contribution in [3.05, 3.63) is 101 Å². The molecule has 0 bridgehead atoms. The summed E-state index contributed by atoms with van der Waals surface area (Å²) in [6.07, 6.45) is 20.4. The van der Waals surface area contributed by atoms with Crippen molar-refractivity contribution in [3.8, 4) is 0 Å². The third-order valence-electron chi connectivity index (χ3n) is 6.03. The first-order chi connectivity index (χ1) is 14.1. The molecule has 0 saturated heterocycles. The number of benzene rings is 1. The molecule has 3 heteroatoms. The Bertz CT molecular complexity index is 967. The zero-order valence-electron chi connectivity index (χ0n) is 17.7. The van der Waals surface area contributed by atoms with Crippen LogP contribution in [0.15, 0.2) is 90.2 Å². The fraction of sp³-hybridized carbons (Fsp3) is 0.269. The van der Waals surface area contributed by atoms with E-state index in [1.165, 1.54) is 27.7 Å². The lowest BCUT2D eigenvalue weighted by Gasteiger charge is -2.47. The zero-order chi connectivity index (χ0) is 20.3. The molecule has 0 atom stereocenters. The Morgan fingerprint density at radius 3 is 2.07 bits per heavy atom. The molecule has 0 N–H and O–H groups in total. The van der Waals surface area contributed by atoms with E-state index in [0.717, 1.165) is 31.5 Å². The normalized spacial score (nSPS) is 16.3. The van der Waals surface area contributed by atoms with E-state index in [0.29, 0.717) is 0 Å². The molecule has 0 spiro atoms.